The first kappa shape index (κ1) is 11.1. The second-order valence-electron chi connectivity index (χ2n) is 3.01. The van der Waals surface area contributed by atoms with Gasteiger partial charge >= 0.3 is 0 Å². The van der Waals surface area contributed by atoms with Gasteiger partial charge in [0.2, 0.25) is 5.89 Å². The highest BCUT2D eigenvalue weighted by Gasteiger charge is 2.06. The van der Waals surface area contributed by atoms with Crippen LogP contribution in [0.2, 0.25) is 0 Å². The molecule has 5 nitrogen and oxygen atoms in total. The van der Waals surface area contributed by atoms with Crippen molar-refractivity contribution in [2.75, 3.05) is 0 Å². The summed E-state index contributed by atoms with van der Waals surface area (Å²) in [4.78, 5) is 0. The molecule has 0 aliphatic heterocycles. The topological polar surface area (TPSA) is 74.2 Å². The highest BCUT2D eigenvalue weighted by atomic mass is 79.9. The largest absolute Gasteiger partial charge is 0.483 e. The molecular weight excluding hydrogens is 274 g/mol. The van der Waals surface area contributed by atoms with Gasteiger partial charge in [0.15, 0.2) is 6.61 Å². The van der Waals surface area contributed by atoms with Gasteiger partial charge in [0.1, 0.15) is 5.75 Å². The minimum atomic E-state index is 0.232. The van der Waals surface area contributed by atoms with Crippen LogP contribution < -0.4 is 10.5 Å². The zero-order valence-electron chi connectivity index (χ0n) is 8.39. The van der Waals surface area contributed by atoms with Crippen LogP contribution in [0.25, 0.3) is 0 Å². The first-order chi connectivity index (χ1) is 7.79. The van der Waals surface area contributed by atoms with Crippen molar-refractivity contribution in [2.45, 2.75) is 13.2 Å². The van der Waals surface area contributed by atoms with Crippen LogP contribution in [0.5, 0.6) is 5.75 Å². The van der Waals surface area contributed by atoms with E-state index >= 15 is 0 Å². The maximum Gasteiger partial charge on any atom is 0.253 e. The van der Waals surface area contributed by atoms with E-state index in [1.807, 2.05) is 24.3 Å². The van der Waals surface area contributed by atoms with Gasteiger partial charge < -0.3 is 14.9 Å². The van der Waals surface area contributed by atoms with Crippen molar-refractivity contribution in [3.63, 3.8) is 0 Å². The number of para-hydroxylation sites is 1. The summed E-state index contributed by atoms with van der Waals surface area (Å²) in [6.07, 6.45) is 0. The van der Waals surface area contributed by atoms with E-state index in [0.29, 0.717) is 11.8 Å². The lowest BCUT2D eigenvalue weighted by atomic mass is 10.3. The lowest BCUT2D eigenvalue weighted by Crippen LogP contribution is -1.96. The average molecular weight is 284 g/mol. The molecule has 2 rings (SSSR count). The van der Waals surface area contributed by atoms with Crippen molar-refractivity contribution in [2.24, 2.45) is 5.73 Å². The van der Waals surface area contributed by atoms with Gasteiger partial charge in [-0.05, 0) is 28.1 Å². The Morgan fingerprint density at radius 1 is 1.25 bits per heavy atom. The van der Waals surface area contributed by atoms with Crippen molar-refractivity contribution in [3.05, 3.63) is 40.5 Å². The number of ether oxygens (including phenoxy) is 1. The van der Waals surface area contributed by atoms with Crippen LogP contribution in [0, 0.1) is 0 Å². The molecule has 0 aliphatic carbocycles. The number of rotatable bonds is 4. The summed E-state index contributed by atoms with van der Waals surface area (Å²) >= 11 is 3.38. The Bertz CT molecular complexity index is 473. The number of hydrogen-bond acceptors (Lipinski definition) is 5. The van der Waals surface area contributed by atoms with Crippen molar-refractivity contribution in [3.8, 4) is 5.75 Å². The second kappa shape index (κ2) is 5.09. The molecule has 1 aromatic carbocycles. The smallest absolute Gasteiger partial charge is 0.253 e. The van der Waals surface area contributed by atoms with Gasteiger partial charge in [0.25, 0.3) is 5.89 Å². The third kappa shape index (κ3) is 2.59. The number of aromatic nitrogens is 2. The molecule has 2 N–H and O–H groups in total. The van der Waals surface area contributed by atoms with E-state index < -0.39 is 0 Å². The molecule has 0 unspecified atom stereocenters. The highest BCUT2D eigenvalue weighted by molar-refractivity contribution is 9.10. The van der Waals surface area contributed by atoms with Crippen LogP contribution in [0.4, 0.5) is 0 Å². The van der Waals surface area contributed by atoms with Crippen molar-refractivity contribution < 1.29 is 9.15 Å². The van der Waals surface area contributed by atoms with Crippen molar-refractivity contribution in [1.82, 2.24) is 10.2 Å². The summed E-state index contributed by atoms with van der Waals surface area (Å²) in [5.74, 6) is 1.55. The van der Waals surface area contributed by atoms with E-state index in [1.165, 1.54) is 0 Å². The summed E-state index contributed by atoms with van der Waals surface area (Å²) < 4.78 is 11.6. The van der Waals surface area contributed by atoms with Gasteiger partial charge in [-0.25, -0.2) is 0 Å². The Labute approximate surface area is 101 Å². The van der Waals surface area contributed by atoms with Crippen molar-refractivity contribution in [1.29, 1.82) is 0 Å². The number of nitrogens with two attached hydrogens (primary N) is 1. The standard InChI is InChI=1S/C10H10BrN3O2/c11-7-3-1-2-4-8(7)15-6-10-14-13-9(5-12)16-10/h1-4H,5-6,12H2. The fourth-order valence-electron chi connectivity index (χ4n) is 1.13. The summed E-state index contributed by atoms with van der Waals surface area (Å²) in [6, 6.07) is 7.55. The predicted octanol–water partition coefficient (Wildman–Crippen LogP) is 1.87. The molecule has 0 saturated carbocycles. The SMILES string of the molecule is NCc1nnc(COc2ccccc2Br)o1. The normalized spacial score (nSPS) is 10.4. The summed E-state index contributed by atoms with van der Waals surface area (Å²) in [5, 5.41) is 7.53. The van der Waals surface area contributed by atoms with E-state index in [-0.39, 0.29) is 13.2 Å². The molecule has 0 amide bonds. The molecule has 0 atom stereocenters. The molecule has 2 aromatic rings. The summed E-state index contributed by atoms with van der Waals surface area (Å²) in [5.41, 5.74) is 5.35. The van der Waals surface area contributed by atoms with Gasteiger partial charge in [-0.2, -0.15) is 0 Å². The van der Waals surface area contributed by atoms with Gasteiger partial charge in [-0.1, -0.05) is 12.1 Å². The van der Waals surface area contributed by atoms with Crippen LogP contribution in [-0.2, 0) is 13.2 Å². The maximum absolute atomic E-state index is 5.50. The van der Waals surface area contributed by atoms with Crippen LogP contribution in [0.1, 0.15) is 11.8 Å². The molecule has 0 bridgehead atoms. The van der Waals surface area contributed by atoms with Gasteiger partial charge in [-0.15, -0.1) is 10.2 Å². The maximum atomic E-state index is 5.50. The first-order valence-corrected chi connectivity index (χ1v) is 5.47. The quantitative estimate of drug-likeness (QED) is 0.927. The number of halogens is 1. The van der Waals surface area contributed by atoms with E-state index in [9.17, 15) is 0 Å². The fourth-order valence-corrected chi connectivity index (χ4v) is 1.53. The molecule has 0 aliphatic rings. The minimum absolute atomic E-state index is 0.232. The second-order valence-corrected chi connectivity index (χ2v) is 3.87. The monoisotopic (exact) mass is 283 g/mol. The van der Waals surface area contributed by atoms with E-state index in [1.54, 1.807) is 0 Å². The lowest BCUT2D eigenvalue weighted by molar-refractivity contribution is 0.257. The zero-order valence-corrected chi connectivity index (χ0v) is 9.98. The Hall–Kier alpha value is -1.40. The predicted molar refractivity (Wildman–Crippen MR) is 60.7 cm³/mol. The summed E-state index contributed by atoms with van der Waals surface area (Å²) in [7, 11) is 0. The first-order valence-electron chi connectivity index (χ1n) is 4.68. The number of benzene rings is 1. The number of hydrogen-bond donors (Lipinski definition) is 1. The molecule has 6 heteroatoms. The Morgan fingerprint density at radius 2 is 2.00 bits per heavy atom. The zero-order chi connectivity index (χ0) is 11.4. The average Bonchev–Trinajstić information content (AvgIpc) is 2.76. The van der Waals surface area contributed by atoms with Crippen LogP contribution in [0.3, 0.4) is 0 Å². The van der Waals surface area contributed by atoms with Gasteiger partial charge in [0.05, 0.1) is 11.0 Å². The molecule has 16 heavy (non-hydrogen) atoms. The van der Waals surface area contributed by atoms with E-state index in [4.69, 9.17) is 14.9 Å². The molecular formula is C10H10BrN3O2. The Balaban J connectivity index is 1.99. The fraction of sp³-hybridized carbons (Fsp3) is 0.200. The van der Waals surface area contributed by atoms with Gasteiger partial charge in [0, 0.05) is 0 Å². The van der Waals surface area contributed by atoms with Crippen LogP contribution in [-0.4, -0.2) is 10.2 Å². The molecule has 0 radical (unpaired) electrons. The molecule has 1 aromatic heterocycles. The Kier molecular flexibility index (Phi) is 3.53. The summed E-state index contributed by atoms with van der Waals surface area (Å²) in [6.45, 7) is 0.470. The molecule has 1 heterocycles. The molecule has 0 saturated heterocycles. The van der Waals surface area contributed by atoms with Gasteiger partial charge in [-0.3, -0.25) is 0 Å². The third-order valence-electron chi connectivity index (χ3n) is 1.87. The van der Waals surface area contributed by atoms with Crippen LogP contribution >= 0.6 is 15.9 Å². The highest BCUT2D eigenvalue weighted by Crippen LogP contribution is 2.24. The third-order valence-corrected chi connectivity index (χ3v) is 2.53. The Morgan fingerprint density at radius 3 is 2.69 bits per heavy atom. The minimum Gasteiger partial charge on any atom is -0.483 e. The van der Waals surface area contributed by atoms with Crippen molar-refractivity contribution >= 4 is 15.9 Å². The van der Waals surface area contributed by atoms with Crippen LogP contribution in [0.15, 0.2) is 33.2 Å². The number of nitrogens with zero attached hydrogens (tertiary/aromatic N) is 2. The molecule has 0 spiro atoms. The molecule has 84 valence electrons. The van der Waals surface area contributed by atoms with E-state index in [2.05, 4.69) is 26.1 Å². The van der Waals surface area contributed by atoms with E-state index in [0.717, 1.165) is 10.2 Å². The lowest BCUT2D eigenvalue weighted by Gasteiger charge is -2.04. The molecule has 0 fully saturated rings.